The minimum absolute atomic E-state index is 1.06. The SMILES string of the molecule is Cn1cc(I)c2c(Br)cncc21. The molecular weight excluding hydrogens is 331 g/mol. The molecular formula is C8H6BrIN2. The number of rotatable bonds is 0. The Morgan fingerprint density at radius 2 is 2.25 bits per heavy atom. The number of hydrogen-bond acceptors (Lipinski definition) is 1. The summed E-state index contributed by atoms with van der Waals surface area (Å²) >= 11 is 5.81. The Balaban J connectivity index is 2.99. The predicted molar refractivity (Wildman–Crippen MR) is 61.1 cm³/mol. The van der Waals surface area contributed by atoms with Gasteiger partial charge in [-0.1, -0.05) is 0 Å². The van der Waals surface area contributed by atoms with E-state index in [1.165, 1.54) is 8.96 Å². The molecule has 2 rings (SSSR count). The molecule has 0 N–H and O–H groups in total. The van der Waals surface area contributed by atoms with Gasteiger partial charge in [0.05, 0.1) is 11.7 Å². The van der Waals surface area contributed by atoms with Crippen molar-refractivity contribution in [3.63, 3.8) is 0 Å². The maximum atomic E-state index is 4.12. The largest absolute Gasteiger partial charge is 0.348 e. The first-order valence-corrected chi connectivity index (χ1v) is 5.31. The van der Waals surface area contributed by atoms with Gasteiger partial charge in [-0.25, -0.2) is 0 Å². The average Bonchev–Trinajstić information content (AvgIpc) is 2.29. The first-order valence-electron chi connectivity index (χ1n) is 3.44. The highest BCUT2D eigenvalue weighted by Crippen LogP contribution is 2.28. The van der Waals surface area contributed by atoms with Crippen molar-refractivity contribution in [1.29, 1.82) is 0 Å². The zero-order valence-electron chi connectivity index (χ0n) is 6.38. The van der Waals surface area contributed by atoms with Crippen LogP contribution in [0.4, 0.5) is 0 Å². The van der Waals surface area contributed by atoms with Gasteiger partial charge < -0.3 is 4.57 Å². The molecule has 0 amide bonds. The number of hydrogen-bond donors (Lipinski definition) is 0. The maximum absolute atomic E-state index is 4.12. The summed E-state index contributed by atoms with van der Waals surface area (Å²) in [7, 11) is 2.03. The first kappa shape index (κ1) is 8.50. The lowest BCUT2D eigenvalue weighted by Gasteiger charge is -1.95. The summed E-state index contributed by atoms with van der Waals surface area (Å²) < 4.78 is 4.39. The van der Waals surface area contributed by atoms with Gasteiger partial charge in [0, 0.05) is 32.9 Å². The minimum atomic E-state index is 1.06. The van der Waals surface area contributed by atoms with Gasteiger partial charge in [-0.05, 0) is 38.5 Å². The highest BCUT2D eigenvalue weighted by atomic mass is 127. The van der Waals surface area contributed by atoms with Gasteiger partial charge in [0.25, 0.3) is 0 Å². The van der Waals surface area contributed by atoms with E-state index in [1.54, 1.807) is 0 Å². The van der Waals surface area contributed by atoms with Crippen molar-refractivity contribution in [2.75, 3.05) is 0 Å². The molecule has 62 valence electrons. The maximum Gasteiger partial charge on any atom is 0.0686 e. The van der Waals surface area contributed by atoms with Crippen molar-refractivity contribution in [3.05, 3.63) is 26.6 Å². The van der Waals surface area contributed by atoms with Crippen LogP contribution in [0.25, 0.3) is 10.9 Å². The van der Waals surface area contributed by atoms with Gasteiger partial charge in [0.2, 0.25) is 0 Å². The van der Waals surface area contributed by atoms with Crippen molar-refractivity contribution in [2.45, 2.75) is 0 Å². The van der Waals surface area contributed by atoms with E-state index in [2.05, 4.69) is 54.3 Å². The summed E-state index contributed by atoms with van der Waals surface area (Å²) in [5.74, 6) is 0. The van der Waals surface area contributed by atoms with Crippen LogP contribution in [0.2, 0.25) is 0 Å². The molecule has 4 heteroatoms. The Labute approximate surface area is 92.2 Å². The summed E-state index contributed by atoms with van der Waals surface area (Å²) in [6.07, 6.45) is 5.80. The fourth-order valence-electron chi connectivity index (χ4n) is 1.23. The first-order chi connectivity index (χ1) is 5.70. The van der Waals surface area contributed by atoms with Crippen molar-refractivity contribution >= 4 is 49.4 Å². The summed E-state index contributed by atoms with van der Waals surface area (Å²) in [6, 6.07) is 0. The lowest BCUT2D eigenvalue weighted by atomic mass is 10.3. The molecule has 0 fully saturated rings. The van der Waals surface area contributed by atoms with Gasteiger partial charge in [-0.3, -0.25) is 4.98 Å². The smallest absolute Gasteiger partial charge is 0.0686 e. The van der Waals surface area contributed by atoms with E-state index in [1.807, 2.05) is 19.4 Å². The molecule has 0 saturated carbocycles. The topological polar surface area (TPSA) is 17.8 Å². The number of fused-ring (bicyclic) bond motifs is 1. The quantitative estimate of drug-likeness (QED) is 0.676. The van der Waals surface area contributed by atoms with E-state index < -0.39 is 0 Å². The molecule has 0 unspecified atom stereocenters. The van der Waals surface area contributed by atoms with E-state index in [9.17, 15) is 0 Å². The molecule has 0 bridgehead atoms. The Hall–Kier alpha value is -0.100. The normalized spacial score (nSPS) is 10.9. The number of nitrogens with zero attached hydrogens (tertiary/aromatic N) is 2. The Morgan fingerprint density at radius 1 is 1.50 bits per heavy atom. The van der Waals surface area contributed by atoms with Gasteiger partial charge in [-0.2, -0.15) is 0 Å². The third-order valence-electron chi connectivity index (χ3n) is 1.81. The Bertz CT molecular complexity index is 436. The molecule has 2 aromatic heterocycles. The molecule has 2 heterocycles. The average molecular weight is 337 g/mol. The summed E-state index contributed by atoms with van der Waals surface area (Å²) in [6.45, 7) is 0. The van der Waals surface area contributed by atoms with E-state index in [-0.39, 0.29) is 0 Å². The molecule has 0 aliphatic carbocycles. The summed E-state index contributed by atoms with van der Waals surface area (Å²) in [4.78, 5) is 4.12. The standard InChI is InChI=1S/C8H6BrIN2/c1-12-4-6(10)8-5(9)2-11-3-7(8)12/h2-4H,1H3. The van der Waals surface area contributed by atoms with Crippen molar-refractivity contribution in [2.24, 2.45) is 7.05 Å². The van der Waals surface area contributed by atoms with Crippen LogP contribution >= 0.6 is 38.5 Å². The van der Waals surface area contributed by atoms with Crippen LogP contribution in [-0.4, -0.2) is 9.55 Å². The highest BCUT2D eigenvalue weighted by molar-refractivity contribution is 14.1. The van der Waals surface area contributed by atoms with Crippen LogP contribution in [0.1, 0.15) is 0 Å². The molecule has 0 aliphatic heterocycles. The van der Waals surface area contributed by atoms with Crippen LogP contribution < -0.4 is 0 Å². The molecule has 0 spiro atoms. The highest BCUT2D eigenvalue weighted by Gasteiger charge is 2.06. The van der Waals surface area contributed by atoms with Crippen LogP contribution in [0, 0.1) is 3.57 Å². The molecule has 0 aliphatic rings. The third-order valence-corrected chi connectivity index (χ3v) is 3.22. The van der Waals surface area contributed by atoms with Gasteiger partial charge >= 0.3 is 0 Å². The number of pyridine rings is 1. The van der Waals surface area contributed by atoms with Gasteiger partial charge in [0.15, 0.2) is 0 Å². The molecule has 0 radical (unpaired) electrons. The molecule has 2 nitrogen and oxygen atoms in total. The van der Waals surface area contributed by atoms with Gasteiger partial charge in [-0.15, -0.1) is 0 Å². The molecule has 0 aromatic carbocycles. The fraction of sp³-hybridized carbons (Fsp3) is 0.125. The van der Waals surface area contributed by atoms with Crippen LogP contribution in [-0.2, 0) is 7.05 Å². The lowest BCUT2D eigenvalue weighted by molar-refractivity contribution is 0.962. The summed E-state index contributed by atoms with van der Waals surface area (Å²) in [5, 5.41) is 1.24. The Kier molecular flexibility index (Phi) is 2.12. The molecule has 2 aromatic rings. The van der Waals surface area contributed by atoms with Crippen LogP contribution in [0.3, 0.4) is 0 Å². The van der Waals surface area contributed by atoms with Crippen molar-refractivity contribution in [1.82, 2.24) is 9.55 Å². The van der Waals surface area contributed by atoms with Crippen LogP contribution in [0.15, 0.2) is 23.1 Å². The summed E-state index contributed by atoms with van der Waals surface area (Å²) in [5.41, 5.74) is 1.16. The fourth-order valence-corrected chi connectivity index (χ4v) is 3.12. The van der Waals surface area contributed by atoms with Gasteiger partial charge in [0.1, 0.15) is 0 Å². The zero-order valence-corrected chi connectivity index (χ0v) is 10.1. The van der Waals surface area contributed by atoms with E-state index in [0.717, 1.165) is 9.99 Å². The number of halogens is 2. The number of aromatic nitrogens is 2. The van der Waals surface area contributed by atoms with Crippen molar-refractivity contribution < 1.29 is 0 Å². The third kappa shape index (κ3) is 1.17. The second kappa shape index (κ2) is 2.99. The van der Waals surface area contributed by atoms with Crippen molar-refractivity contribution in [3.8, 4) is 0 Å². The molecule has 0 atom stereocenters. The lowest BCUT2D eigenvalue weighted by Crippen LogP contribution is -1.84. The molecule has 12 heavy (non-hydrogen) atoms. The zero-order chi connectivity index (χ0) is 8.72. The minimum Gasteiger partial charge on any atom is -0.348 e. The predicted octanol–water partition coefficient (Wildman–Crippen LogP) is 2.94. The second-order valence-corrected chi connectivity index (χ2v) is 4.62. The van der Waals surface area contributed by atoms with E-state index in [4.69, 9.17) is 0 Å². The number of aryl methyl sites for hydroxylation is 1. The van der Waals surface area contributed by atoms with Crippen LogP contribution in [0.5, 0.6) is 0 Å². The Morgan fingerprint density at radius 3 is 2.92 bits per heavy atom. The van der Waals surface area contributed by atoms with E-state index in [0.29, 0.717) is 0 Å². The second-order valence-electron chi connectivity index (χ2n) is 2.60. The molecule has 0 saturated heterocycles. The van der Waals surface area contributed by atoms with E-state index >= 15 is 0 Å². The monoisotopic (exact) mass is 336 g/mol.